The van der Waals surface area contributed by atoms with Crippen LogP contribution in [0.2, 0.25) is 0 Å². The highest BCUT2D eigenvalue weighted by atomic mass is 19.1. The van der Waals surface area contributed by atoms with Crippen LogP contribution in [-0.4, -0.2) is 33.5 Å². The van der Waals surface area contributed by atoms with Crippen LogP contribution in [0.1, 0.15) is 44.9 Å². The summed E-state index contributed by atoms with van der Waals surface area (Å²) in [7, 11) is 0. The normalized spacial score (nSPS) is 17.9. The van der Waals surface area contributed by atoms with E-state index in [-0.39, 0.29) is 17.5 Å². The van der Waals surface area contributed by atoms with Gasteiger partial charge in [0.05, 0.1) is 5.56 Å². The summed E-state index contributed by atoms with van der Waals surface area (Å²) in [6, 6.07) is 6.65. The highest BCUT2D eigenvalue weighted by molar-refractivity contribution is 5.76. The van der Waals surface area contributed by atoms with Crippen molar-refractivity contribution < 1.29 is 13.7 Å². The van der Waals surface area contributed by atoms with Crippen molar-refractivity contribution in [3.05, 3.63) is 36.0 Å². The molecule has 0 spiro atoms. The number of carbonyl (C=O) groups is 1. The standard InChI is InChI=1S/C18H22FN3O2/c1-2-13-7-5-6-12-22(13)17(23)11-10-16-20-18(21-24-16)14-8-3-4-9-15(14)19/h3-4,8-9,13H,2,5-7,10-12H2,1H3. The third-order valence-electron chi connectivity index (χ3n) is 4.55. The summed E-state index contributed by atoms with van der Waals surface area (Å²) in [6.45, 7) is 2.95. The molecule has 0 N–H and O–H groups in total. The van der Waals surface area contributed by atoms with Gasteiger partial charge < -0.3 is 9.42 Å². The Balaban J connectivity index is 1.61. The monoisotopic (exact) mass is 331 g/mol. The minimum atomic E-state index is -0.389. The summed E-state index contributed by atoms with van der Waals surface area (Å²) in [6.07, 6.45) is 5.06. The van der Waals surface area contributed by atoms with Crippen molar-refractivity contribution in [1.82, 2.24) is 15.0 Å². The largest absolute Gasteiger partial charge is 0.340 e. The van der Waals surface area contributed by atoms with Crippen LogP contribution in [0.4, 0.5) is 4.39 Å². The first-order valence-corrected chi connectivity index (χ1v) is 8.56. The summed E-state index contributed by atoms with van der Waals surface area (Å²) < 4.78 is 18.9. The zero-order chi connectivity index (χ0) is 16.9. The number of aromatic nitrogens is 2. The van der Waals surface area contributed by atoms with Gasteiger partial charge in [-0.2, -0.15) is 4.98 Å². The molecule has 1 fully saturated rings. The van der Waals surface area contributed by atoms with Crippen molar-refractivity contribution >= 4 is 5.91 Å². The lowest BCUT2D eigenvalue weighted by molar-refractivity contribution is -0.135. The van der Waals surface area contributed by atoms with Gasteiger partial charge in [0, 0.05) is 25.4 Å². The molecule has 1 aliphatic rings. The average Bonchev–Trinajstić information content (AvgIpc) is 3.08. The van der Waals surface area contributed by atoms with Crippen LogP contribution in [0.15, 0.2) is 28.8 Å². The number of amides is 1. The van der Waals surface area contributed by atoms with E-state index in [0.717, 1.165) is 25.8 Å². The number of hydrogen-bond donors (Lipinski definition) is 0. The van der Waals surface area contributed by atoms with Crippen LogP contribution >= 0.6 is 0 Å². The lowest BCUT2D eigenvalue weighted by Gasteiger charge is -2.35. The first kappa shape index (κ1) is 16.6. The Morgan fingerprint density at radius 1 is 1.38 bits per heavy atom. The maximum atomic E-state index is 13.7. The molecule has 1 amide bonds. The van der Waals surface area contributed by atoms with Gasteiger partial charge in [-0.3, -0.25) is 4.79 Å². The Labute approximate surface area is 140 Å². The molecular weight excluding hydrogens is 309 g/mol. The molecule has 5 nitrogen and oxygen atoms in total. The minimum absolute atomic E-state index is 0.132. The second-order valence-corrected chi connectivity index (χ2v) is 6.14. The summed E-state index contributed by atoms with van der Waals surface area (Å²) in [5, 5.41) is 3.82. The SMILES string of the molecule is CCC1CCCCN1C(=O)CCc1nc(-c2ccccc2F)no1. The van der Waals surface area contributed by atoms with E-state index in [1.807, 2.05) is 4.90 Å². The smallest absolute Gasteiger partial charge is 0.227 e. The Hall–Kier alpha value is -2.24. The quantitative estimate of drug-likeness (QED) is 0.840. The molecule has 6 heteroatoms. The van der Waals surface area contributed by atoms with Crippen LogP contribution < -0.4 is 0 Å². The molecule has 1 aromatic heterocycles. The molecule has 2 heterocycles. The van der Waals surface area contributed by atoms with E-state index in [0.29, 0.717) is 30.3 Å². The first-order chi connectivity index (χ1) is 11.7. The van der Waals surface area contributed by atoms with E-state index in [1.165, 1.54) is 12.5 Å². The number of aryl methyl sites for hydroxylation is 1. The molecule has 1 atom stereocenters. The van der Waals surface area contributed by atoms with Crippen molar-refractivity contribution in [2.45, 2.75) is 51.5 Å². The predicted octanol–water partition coefficient (Wildman–Crippen LogP) is 3.60. The molecule has 24 heavy (non-hydrogen) atoms. The predicted molar refractivity (Wildman–Crippen MR) is 87.7 cm³/mol. The number of nitrogens with zero attached hydrogens (tertiary/aromatic N) is 3. The number of benzene rings is 1. The van der Waals surface area contributed by atoms with Gasteiger partial charge in [0.15, 0.2) is 0 Å². The highest BCUT2D eigenvalue weighted by Crippen LogP contribution is 2.22. The second kappa shape index (κ2) is 7.55. The van der Waals surface area contributed by atoms with Crippen LogP contribution in [-0.2, 0) is 11.2 Å². The third-order valence-corrected chi connectivity index (χ3v) is 4.55. The molecule has 3 rings (SSSR count). The van der Waals surface area contributed by atoms with Gasteiger partial charge in [0.2, 0.25) is 17.6 Å². The fraction of sp³-hybridized carbons (Fsp3) is 0.500. The van der Waals surface area contributed by atoms with Gasteiger partial charge in [-0.05, 0) is 37.8 Å². The van der Waals surface area contributed by atoms with Gasteiger partial charge in [-0.15, -0.1) is 0 Å². The third kappa shape index (κ3) is 3.63. The zero-order valence-electron chi connectivity index (χ0n) is 13.9. The number of piperidine rings is 1. The highest BCUT2D eigenvalue weighted by Gasteiger charge is 2.25. The van der Waals surface area contributed by atoms with Crippen molar-refractivity contribution in [2.75, 3.05) is 6.54 Å². The Bertz CT molecular complexity index is 701. The molecule has 1 saturated heterocycles. The van der Waals surface area contributed by atoms with Crippen LogP contribution in [0.3, 0.4) is 0 Å². The van der Waals surface area contributed by atoms with E-state index >= 15 is 0 Å². The van der Waals surface area contributed by atoms with Gasteiger partial charge in [-0.25, -0.2) is 4.39 Å². The van der Waals surface area contributed by atoms with Crippen molar-refractivity contribution in [3.8, 4) is 11.4 Å². The molecular formula is C18H22FN3O2. The lowest BCUT2D eigenvalue weighted by Crippen LogP contribution is -2.43. The maximum Gasteiger partial charge on any atom is 0.227 e. The van der Waals surface area contributed by atoms with E-state index in [9.17, 15) is 9.18 Å². The van der Waals surface area contributed by atoms with Gasteiger partial charge in [-0.1, -0.05) is 24.2 Å². The molecule has 1 aliphatic heterocycles. The van der Waals surface area contributed by atoms with Crippen molar-refractivity contribution in [2.24, 2.45) is 0 Å². The second-order valence-electron chi connectivity index (χ2n) is 6.14. The lowest BCUT2D eigenvalue weighted by atomic mass is 9.99. The molecule has 0 radical (unpaired) electrons. The molecule has 0 aliphatic carbocycles. The van der Waals surface area contributed by atoms with Gasteiger partial charge in [0.25, 0.3) is 0 Å². The Kier molecular flexibility index (Phi) is 5.23. The maximum absolute atomic E-state index is 13.7. The first-order valence-electron chi connectivity index (χ1n) is 8.56. The van der Waals surface area contributed by atoms with Crippen LogP contribution in [0.5, 0.6) is 0 Å². The van der Waals surface area contributed by atoms with Crippen LogP contribution in [0.25, 0.3) is 11.4 Å². The summed E-state index contributed by atoms with van der Waals surface area (Å²) in [4.78, 5) is 18.6. The number of hydrogen-bond acceptors (Lipinski definition) is 4. The molecule has 1 unspecified atom stereocenters. The van der Waals surface area contributed by atoms with E-state index in [2.05, 4.69) is 17.1 Å². The Morgan fingerprint density at radius 2 is 2.21 bits per heavy atom. The van der Waals surface area contributed by atoms with Crippen molar-refractivity contribution in [1.29, 1.82) is 0 Å². The zero-order valence-corrected chi connectivity index (χ0v) is 13.9. The fourth-order valence-corrected chi connectivity index (χ4v) is 3.22. The van der Waals surface area contributed by atoms with E-state index < -0.39 is 0 Å². The van der Waals surface area contributed by atoms with Crippen LogP contribution in [0, 0.1) is 5.82 Å². The molecule has 1 aromatic carbocycles. The number of carbonyl (C=O) groups excluding carboxylic acids is 1. The van der Waals surface area contributed by atoms with Gasteiger partial charge in [0.1, 0.15) is 5.82 Å². The van der Waals surface area contributed by atoms with E-state index in [4.69, 9.17) is 4.52 Å². The Morgan fingerprint density at radius 3 is 3.00 bits per heavy atom. The number of likely N-dealkylation sites (tertiary alicyclic amines) is 1. The summed E-state index contributed by atoms with van der Waals surface area (Å²) in [5.74, 6) is 0.332. The molecule has 0 bridgehead atoms. The minimum Gasteiger partial charge on any atom is -0.340 e. The summed E-state index contributed by atoms with van der Waals surface area (Å²) in [5.41, 5.74) is 0.306. The topological polar surface area (TPSA) is 59.2 Å². The van der Waals surface area contributed by atoms with Gasteiger partial charge >= 0.3 is 0 Å². The fourth-order valence-electron chi connectivity index (χ4n) is 3.22. The summed E-state index contributed by atoms with van der Waals surface area (Å²) >= 11 is 0. The number of halogens is 1. The molecule has 2 aromatic rings. The van der Waals surface area contributed by atoms with Crippen molar-refractivity contribution in [3.63, 3.8) is 0 Å². The molecule has 128 valence electrons. The van der Waals surface area contributed by atoms with E-state index in [1.54, 1.807) is 18.2 Å². The average molecular weight is 331 g/mol. The molecule has 0 saturated carbocycles. The number of rotatable bonds is 5.